The highest BCUT2D eigenvalue weighted by atomic mass is 35.5. The molecule has 6 heteroatoms. The second-order valence-electron chi connectivity index (χ2n) is 4.43. The summed E-state index contributed by atoms with van der Waals surface area (Å²) in [4.78, 5) is 0. The fourth-order valence-corrected chi connectivity index (χ4v) is 4.36. The van der Waals surface area contributed by atoms with Crippen LogP contribution in [0.25, 0.3) is 0 Å². The lowest BCUT2D eigenvalue weighted by atomic mass is 10.2. The van der Waals surface area contributed by atoms with Crippen molar-refractivity contribution in [2.45, 2.75) is 5.88 Å². The van der Waals surface area contributed by atoms with Gasteiger partial charge in [-0.25, -0.2) is 0 Å². The van der Waals surface area contributed by atoms with Crippen molar-refractivity contribution in [2.75, 3.05) is 11.8 Å². The molecule has 0 spiro atoms. The molecule has 0 radical (unpaired) electrons. The molecule has 0 saturated carbocycles. The highest BCUT2D eigenvalue weighted by Gasteiger charge is 2.21. The number of anilines is 1. The lowest BCUT2D eigenvalue weighted by Gasteiger charge is -2.19. The van der Waals surface area contributed by atoms with Crippen LogP contribution in [0.15, 0.2) is 42.5 Å². The standard InChI is InChI=1S/C14H13Cl3NOP/c1-20(19,14-5-3-2-4-10(14)9-15)18-11-6-7-12(16)13(17)8-11/h2-8H,9H2,1H3,(H,18,19). The van der Waals surface area contributed by atoms with Crippen molar-refractivity contribution in [2.24, 2.45) is 0 Å². The molecule has 0 fully saturated rings. The number of alkyl halides is 1. The summed E-state index contributed by atoms with van der Waals surface area (Å²) >= 11 is 17.7. The van der Waals surface area contributed by atoms with Gasteiger partial charge in [0, 0.05) is 23.5 Å². The summed E-state index contributed by atoms with van der Waals surface area (Å²) in [6.07, 6.45) is 0. The van der Waals surface area contributed by atoms with Gasteiger partial charge in [-0.05, 0) is 29.8 Å². The van der Waals surface area contributed by atoms with Crippen LogP contribution in [0.5, 0.6) is 0 Å². The van der Waals surface area contributed by atoms with Gasteiger partial charge in [0.25, 0.3) is 0 Å². The topological polar surface area (TPSA) is 29.1 Å². The maximum absolute atomic E-state index is 12.9. The highest BCUT2D eigenvalue weighted by molar-refractivity contribution is 7.72. The van der Waals surface area contributed by atoms with Crippen molar-refractivity contribution in [1.29, 1.82) is 0 Å². The average molecular weight is 349 g/mol. The van der Waals surface area contributed by atoms with Crippen LogP contribution >= 0.6 is 42.1 Å². The molecule has 0 saturated heterocycles. The van der Waals surface area contributed by atoms with Crippen molar-refractivity contribution >= 4 is 53.1 Å². The Morgan fingerprint density at radius 3 is 2.45 bits per heavy atom. The Hall–Kier alpha value is -0.660. The number of hydrogen-bond acceptors (Lipinski definition) is 1. The Labute approximate surface area is 133 Å². The average Bonchev–Trinajstić information content (AvgIpc) is 2.42. The number of halogens is 3. The van der Waals surface area contributed by atoms with Crippen molar-refractivity contribution in [1.82, 2.24) is 0 Å². The molecule has 0 aromatic heterocycles. The molecule has 0 heterocycles. The van der Waals surface area contributed by atoms with E-state index in [-0.39, 0.29) is 0 Å². The Morgan fingerprint density at radius 2 is 1.80 bits per heavy atom. The van der Waals surface area contributed by atoms with Crippen LogP contribution in [0.2, 0.25) is 10.0 Å². The van der Waals surface area contributed by atoms with E-state index >= 15 is 0 Å². The SMILES string of the molecule is CP(=O)(Nc1ccc(Cl)c(Cl)c1)c1ccccc1CCl. The molecule has 2 aromatic rings. The number of rotatable bonds is 4. The smallest absolute Gasteiger partial charge is 0.195 e. The molecule has 0 amide bonds. The van der Waals surface area contributed by atoms with Crippen LogP contribution < -0.4 is 10.4 Å². The van der Waals surface area contributed by atoms with Crippen molar-refractivity contribution in [3.05, 3.63) is 58.1 Å². The summed E-state index contributed by atoms with van der Waals surface area (Å²) in [5, 5.41) is 4.64. The van der Waals surface area contributed by atoms with E-state index in [1.54, 1.807) is 24.9 Å². The van der Waals surface area contributed by atoms with Gasteiger partial charge >= 0.3 is 0 Å². The van der Waals surface area contributed by atoms with Crippen LogP contribution in [0, 0.1) is 0 Å². The number of hydrogen-bond donors (Lipinski definition) is 1. The first kappa shape index (κ1) is 15.7. The molecule has 20 heavy (non-hydrogen) atoms. The minimum absolute atomic E-state index is 0.317. The molecule has 0 bridgehead atoms. The molecule has 0 aliphatic heterocycles. The van der Waals surface area contributed by atoms with Crippen LogP contribution in [-0.2, 0) is 10.4 Å². The first-order valence-corrected chi connectivity index (χ1v) is 9.34. The highest BCUT2D eigenvalue weighted by Crippen LogP contribution is 2.42. The second kappa shape index (κ2) is 6.41. The first-order chi connectivity index (χ1) is 9.44. The van der Waals surface area contributed by atoms with Crippen molar-refractivity contribution in [3.8, 4) is 0 Å². The Bertz CT molecular complexity index is 675. The molecule has 0 aliphatic rings. The summed E-state index contributed by atoms with van der Waals surface area (Å²) in [6, 6.07) is 12.5. The quantitative estimate of drug-likeness (QED) is 0.594. The minimum atomic E-state index is -2.79. The molecule has 2 aromatic carbocycles. The largest absolute Gasteiger partial charge is 0.333 e. The summed E-state index contributed by atoms with van der Waals surface area (Å²) in [7, 11) is -2.79. The van der Waals surface area contributed by atoms with E-state index in [9.17, 15) is 4.57 Å². The van der Waals surface area contributed by atoms with Crippen LogP contribution in [-0.4, -0.2) is 6.66 Å². The van der Waals surface area contributed by atoms with E-state index in [0.29, 0.717) is 21.6 Å². The van der Waals surface area contributed by atoms with E-state index < -0.39 is 7.29 Å². The molecule has 106 valence electrons. The van der Waals surface area contributed by atoms with Crippen LogP contribution in [0.3, 0.4) is 0 Å². The van der Waals surface area contributed by atoms with Crippen LogP contribution in [0.4, 0.5) is 5.69 Å². The monoisotopic (exact) mass is 347 g/mol. The van der Waals surface area contributed by atoms with Crippen molar-refractivity contribution < 1.29 is 4.57 Å². The van der Waals surface area contributed by atoms with E-state index in [4.69, 9.17) is 34.8 Å². The third-order valence-corrected chi connectivity index (χ3v) is 5.92. The summed E-state index contributed by atoms with van der Waals surface area (Å²) in [6.45, 7) is 1.67. The Kier molecular flexibility index (Phi) is 5.04. The second-order valence-corrected chi connectivity index (χ2v) is 8.06. The van der Waals surface area contributed by atoms with E-state index in [2.05, 4.69) is 5.09 Å². The van der Waals surface area contributed by atoms with Gasteiger partial charge in [-0.15, -0.1) is 11.6 Å². The first-order valence-electron chi connectivity index (χ1n) is 5.89. The predicted molar refractivity (Wildman–Crippen MR) is 89.2 cm³/mol. The normalized spacial score (nSPS) is 13.8. The fraction of sp³-hybridized carbons (Fsp3) is 0.143. The zero-order valence-electron chi connectivity index (χ0n) is 10.7. The maximum atomic E-state index is 12.9. The zero-order valence-corrected chi connectivity index (χ0v) is 13.9. The van der Waals surface area contributed by atoms with Gasteiger partial charge in [0.15, 0.2) is 7.29 Å². The molecule has 2 nitrogen and oxygen atoms in total. The third-order valence-electron chi connectivity index (χ3n) is 2.86. The molecule has 1 N–H and O–H groups in total. The lowest BCUT2D eigenvalue weighted by Crippen LogP contribution is -2.14. The summed E-state index contributed by atoms with van der Waals surface area (Å²) in [5.41, 5.74) is 1.52. The fourth-order valence-electron chi connectivity index (χ4n) is 1.91. The van der Waals surface area contributed by atoms with Gasteiger partial charge in [0.1, 0.15) is 0 Å². The predicted octanol–water partition coefficient (Wildman–Crippen LogP) is 5.38. The number of benzene rings is 2. The van der Waals surface area contributed by atoms with Gasteiger partial charge in [-0.3, -0.25) is 4.57 Å². The maximum Gasteiger partial charge on any atom is 0.195 e. The van der Waals surface area contributed by atoms with Gasteiger partial charge < -0.3 is 5.09 Å². The Balaban J connectivity index is 2.35. The molecule has 1 unspecified atom stereocenters. The van der Waals surface area contributed by atoms with Gasteiger partial charge in [0.05, 0.1) is 10.0 Å². The van der Waals surface area contributed by atoms with E-state index in [0.717, 1.165) is 10.9 Å². The summed E-state index contributed by atoms with van der Waals surface area (Å²) < 4.78 is 12.9. The molecular formula is C14H13Cl3NOP. The van der Waals surface area contributed by atoms with E-state index in [1.165, 1.54) is 0 Å². The molecular weight excluding hydrogens is 335 g/mol. The lowest BCUT2D eigenvalue weighted by molar-refractivity contribution is 0.588. The van der Waals surface area contributed by atoms with Gasteiger partial charge in [-0.2, -0.15) is 0 Å². The van der Waals surface area contributed by atoms with Gasteiger partial charge in [-0.1, -0.05) is 41.4 Å². The molecule has 1 atom stereocenters. The van der Waals surface area contributed by atoms with Crippen LogP contribution in [0.1, 0.15) is 5.56 Å². The Morgan fingerprint density at radius 1 is 1.10 bits per heavy atom. The van der Waals surface area contributed by atoms with Crippen molar-refractivity contribution in [3.63, 3.8) is 0 Å². The minimum Gasteiger partial charge on any atom is -0.333 e. The molecule has 0 aliphatic carbocycles. The van der Waals surface area contributed by atoms with Gasteiger partial charge in [0.2, 0.25) is 0 Å². The van der Waals surface area contributed by atoms with E-state index in [1.807, 2.05) is 24.3 Å². The number of nitrogens with one attached hydrogen (secondary N) is 1. The molecule has 2 rings (SSSR count). The zero-order chi connectivity index (χ0) is 14.8. The third kappa shape index (κ3) is 3.51. The summed E-state index contributed by atoms with van der Waals surface area (Å²) in [5.74, 6) is 0.317.